The lowest BCUT2D eigenvalue weighted by atomic mass is 10.3. The van der Waals surface area contributed by atoms with Crippen LogP contribution in [-0.4, -0.2) is 32.0 Å². The Bertz CT molecular complexity index is 364. The van der Waals surface area contributed by atoms with Gasteiger partial charge in [-0.05, 0) is 39.3 Å². The van der Waals surface area contributed by atoms with Crippen molar-refractivity contribution in [2.75, 3.05) is 19.8 Å². The number of nitrogens with one attached hydrogen (secondary N) is 1. The second-order valence-corrected chi connectivity index (χ2v) is 5.16. The van der Waals surface area contributed by atoms with Crippen LogP contribution in [0.2, 0.25) is 0 Å². The highest BCUT2D eigenvalue weighted by atomic mass is 32.1. The predicted octanol–water partition coefficient (Wildman–Crippen LogP) is 2.49. The molecule has 102 valence electrons. The van der Waals surface area contributed by atoms with Crippen molar-refractivity contribution in [1.82, 2.24) is 5.32 Å². The molecule has 0 fully saturated rings. The van der Waals surface area contributed by atoms with Crippen LogP contribution in [0.3, 0.4) is 0 Å². The molecule has 1 amide bonds. The van der Waals surface area contributed by atoms with Crippen molar-refractivity contribution in [3.05, 3.63) is 21.4 Å². The number of carbonyl (C=O) groups excluding carboxylic acids is 1. The minimum Gasteiger partial charge on any atom is -0.351 e. The highest BCUT2D eigenvalue weighted by molar-refractivity contribution is 7.14. The molecular formula is C13H21NO3S. The lowest BCUT2D eigenvalue weighted by Gasteiger charge is -2.17. The van der Waals surface area contributed by atoms with Gasteiger partial charge in [-0.25, -0.2) is 0 Å². The number of ether oxygens (including phenoxy) is 2. The molecule has 0 aliphatic carbocycles. The van der Waals surface area contributed by atoms with Gasteiger partial charge in [-0.2, -0.15) is 0 Å². The molecule has 1 rings (SSSR count). The number of rotatable bonds is 7. The fraction of sp³-hybridized carbons (Fsp3) is 0.615. The molecule has 0 aliphatic heterocycles. The molecule has 0 saturated heterocycles. The maximum atomic E-state index is 11.9. The van der Waals surface area contributed by atoms with E-state index in [1.807, 2.05) is 33.8 Å². The molecule has 1 N–H and O–H groups in total. The summed E-state index contributed by atoms with van der Waals surface area (Å²) in [6, 6.07) is 1.91. The van der Waals surface area contributed by atoms with E-state index in [2.05, 4.69) is 5.32 Å². The highest BCUT2D eigenvalue weighted by Gasteiger charge is 2.13. The quantitative estimate of drug-likeness (QED) is 0.775. The monoisotopic (exact) mass is 271 g/mol. The topological polar surface area (TPSA) is 47.6 Å². The van der Waals surface area contributed by atoms with Crippen LogP contribution in [0.5, 0.6) is 0 Å². The molecule has 0 saturated carbocycles. The van der Waals surface area contributed by atoms with Gasteiger partial charge in [0.05, 0.1) is 11.4 Å². The Kier molecular flexibility index (Phi) is 6.32. The molecule has 0 radical (unpaired) electrons. The minimum absolute atomic E-state index is 0.0689. The molecule has 5 heteroatoms. The first-order valence-electron chi connectivity index (χ1n) is 6.16. The number of aryl methyl sites for hydroxylation is 2. The molecule has 1 aromatic rings. The Labute approximate surface area is 112 Å². The van der Waals surface area contributed by atoms with Crippen molar-refractivity contribution < 1.29 is 14.3 Å². The maximum absolute atomic E-state index is 11.9. The van der Waals surface area contributed by atoms with E-state index in [9.17, 15) is 4.79 Å². The van der Waals surface area contributed by atoms with Crippen LogP contribution in [0.1, 0.15) is 34.0 Å². The zero-order chi connectivity index (χ0) is 13.5. The van der Waals surface area contributed by atoms with E-state index in [4.69, 9.17) is 9.47 Å². The van der Waals surface area contributed by atoms with Crippen LogP contribution in [0, 0.1) is 13.8 Å². The number of carbonyl (C=O) groups is 1. The third-order valence-electron chi connectivity index (χ3n) is 2.52. The van der Waals surface area contributed by atoms with Crippen molar-refractivity contribution in [3.8, 4) is 0 Å². The number of hydrogen-bond acceptors (Lipinski definition) is 4. The summed E-state index contributed by atoms with van der Waals surface area (Å²) >= 11 is 1.51. The van der Waals surface area contributed by atoms with E-state index in [0.717, 1.165) is 10.4 Å². The van der Waals surface area contributed by atoms with E-state index in [-0.39, 0.29) is 12.2 Å². The Balaban J connectivity index is 2.48. The van der Waals surface area contributed by atoms with Gasteiger partial charge < -0.3 is 14.8 Å². The van der Waals surface area contributed by atoms with E-state index in [1.165, 1.54) is 16.2 Å². The number of hydrogen-bond donors (Lipinski definition) is 1. The third kappa shape index (κ3) is 4.40. The normalized spacial score (nSPS) is 10.9. The highest BCUT2D eigenvalue weighted by Crippen LogP contribution is 2.20. The minimum atomic E-state index is -0.369. The molecule has 0 bridgehead atoms. The van der Waals surface area contributed by atoms with Crippen molar-refractivity contribution in [2.45, 2.75) is 34.0 Å². The largest absolute Gasteiger partial charge is 0.351 e. The molecule has 4 nitrogen and oxygen atoms in total. The Hall–Kier alpha value is -0.910. The fourth-order valence-electron chi connectivity index (χ4n) is 1.49. The van der Waals surface area contributed by atoms with Crippen molar-refractivity contribution in [2.24, 2.45) is 0 Å². The smallest absolute Gasteiger partial charge is 0.261 e. The zero-order valence-electron chi connectivity index (χ0n) is 11.4. The van der Waals surface area contributed by atoms with Gasteiger partial charge in [0.2, 0.25) is 0 Å². The van der Waals surface area contributed by atoms with E-state index < -0.39 is 0 Å². The second-order valence-electron chi connectivity index (χ2n) is 3.90. The van der Waals surface area contributed by atoms with E-state index >= 15 is 0 Å². The first-order valence-corrected chi connectivity index (χ1v) is 6.98. The Morgan fingerprint density at radius 1 is 1.33 bits per heavy atom. The van der Waals surface area contributed by atoms with Crippen LogP contribution >= 0.6 is 11.3 Å². The van der Waals surface area contributed by atoms with Crippen LogP contribution in [-0.2, 0) is 9.47 Å². The van der Waals surface area contributed by atoms with Gasteiger partial charge in [0, 0.05) is 18.1 Å². The first-order chi connectivity index (χ1) is 8.58. The van der Waals surface area contributed by atoms with E-state index in [1.54, 1.807) is 0 Å². The fourth-order valence-corrected chi connectivity index (χ4v) is 2.44. The van der Waals surface area contributed by atoms with Crippen molar-refractivity contribution in [3.63, 3.8) is 0 Å². The molecule has 1 aromatic heterocycles. The van der Waals surface area contributed by atoms with Gasteiger partial charge in [-0.1, -0.05) is 0 Å². The van der Waals surface area contributed by atoms with Crippen molar-refractivity contribution >= 4 is 17.2 Å². The van der Waals surface area contributed by atoms with Crippen LogP contribution < -0.4 is 5.32 Å². The lowest BCUT2D eigenvalue weighted by Crippen LogP contribution is -2.35. The van der Waals surface area contributed by atoms with Gasteiger partial charge >= 0.3 is 0 Å². The first kappa shape index (κ1) is 15.1. The predicted molar refractivity (Wildman–Crippen MR) is 73.2 cm³/mol. The summed E-state index contributed by atoms with van der Waals surface area (Å²) in [5.74, 6) is -0.0689. The van der Waals surface area contributed by atoms with Gasteiger partial charge in [0.25, 0.3) is 5.91 Å². The second kappa shape index (κ2) is 7.51. The molecule has 0 spiro atoms. The average molecular weight is 271 g/mol. The van der Waals surface area contributed by atoms with Crippen LogP contribution in [0.25, 0.3) is 0 Å². The SMILES string of the molecule is CCOC(CNC(=O)c1cc(C)c(C)s1)OCC. The van der Waals surface area contributed by atoms with Gasteiger partial charge in [0.15, 0.2) is 6.29 Å². The zero-order valence-corrected chi connectivity index (χ0v) is 12.2. The van der Waals surface area contributed by atoms with Crippen molar-refractivity contribution in [1.29, 1.82) is 0 Å². The number of thiophene rings is 1. The molecular weight excluding hydrogens is 250 g/mol. The summed E-state index contributed by atoms with van der Waals surface area (Å²) in [5.41, 5.74) is 1.15. The average Bonchev–Trinajstić information content (AvgIpc) is 2.67. The summed E-state index contributed by atoms with van der Waals surface area (Å²) in [5, 5.41) is 2.83. The van der Waals surface area contributed by atoms with E-state index in [0.29, 0.717) is 19.8 Å². The maximum Gasteiger partial charge on any atom is 0.261 e. The Morgan fingerprint density at radius 2 is 1.94 bits per heavy atom. The molecule has 1 heterocycles. The molecule has 0 unspecified atom stereocenters. The molecule has 18 heavy (non-hydrogen) atoms. The Morgan fingerprint density at radius 3 is 2.39 bits per heavy atom. The molecule has 0 atom stereocenters. The summed E-state index contributed by atoms with van der Waals surface area (Å²) < 4.78 is 10.7. The van der Waals surface area contributed by atoms with Gasteiger partial charge in [0.1, 0.15) is 0 Å². The van der Waals surface area contributed by atoms with Crippen LogP contribution in [0.4, 0.5) is 0 Å². The third-order valence-corrected chi connectivity index (χ3v) is 3.68. The molecule has 0 aromatic carbocycles. The van der Waals surface area contributed by atoms with Gasteiger partial charge in [-0.15, -0.1) is 11.3 Å². The standard InChI is InChI=1S/C13H21NO3S/c1-5-16-12(17-6-2)8-14-13(15)11-7-9(3)10(4)18-11/h7,12H,5-6,8H2,1-4H3,(H,14,15). The molecule has 0 aliphatic rings. The lowest BCUT2D eigenvalue weighted by molar-refractivity contribution is -0.131. The number of amides is 1. The summed E-state index contributed by atoms with van der Waals surface area (Å²) in [6.07, 6.45) is -0.369. The summed E-state index contributed by atoms with van der Waals surface area (Å²) in [7, 11) is 0. The van der Waals surface area contributed by atoms with Gasteiger partial charge in [-0.3, -0.25) is 4.79 Å². The summed E-state index contributed by atoms with van der Waals surface area (Å²) in [4.78, 5) is 13.8. The summed E-state index contributed by atoms with van der Waals surface area (Å²) in [6.45, 7) is 9.33. The van der Waals surface area contributed by atoms with Crippen LogP contribution in [0.15, 0.2) is 6.07 Å².